The Morgan fingerprint density at radius 2 is 2.00 bits per heavy atom. The predicted molar refractivity (Wildman–Crippen MR) is 80.2 cm³/mol. The number of carboxylic acids is 1. The van der Waals surface area contributed by atoms with Crippen molar-refractivity contribution in [3.8, 4) is 0 Å². The minimum absolute atomic E-state index is 0.210. The summed E-state index contributed by atoms with van der Waals surface area (Å²) < 4.78 is 13.4. The topological polar surface area (TPSA) is 79.1 Å². The summed E-state index contributed by atoms with van der Waals surface area (Å²) >= 11 is 1.21. The molecule has 21 heavy (non-hydrogen) atoms. The molecule has 1 aromatic heterocycles. The van der Waals surface area contributed by atoms with Gasteiger partial charge < -0.3 is 15.8 Å². The highest BCUT2D eigenvalue weighted by molar-refractivity contribution is 7.99. The number of carbonyl (C=O) groups is 1. The molecule has 0 saturated carbocycles. The van der Waals surface area contributed by atoms with Gasteiger partial charge in [-0.15, -0.1) is 0 Å². The van der Waals surface area contributed by atoms with Crippen LogP contribution in [0.15, 0.2) is 52.4 Å². The summed E-state index contributed by atoms with van der Waals surface area (Å²) in [5.41, 5.74) is 5.93. The first-order chi connectivity index (χ1) is 10.1. The van der Waals surface area contributed by atoms with Crippen LogP contribution in [0.1, 0.15) is 10.4 Å². The van der Waals surface area contributed by atoms with Crippen molar-refractivity contribution >= 4 is 34.3 Å². The van der Waals surface area contributed by atoms with E-state index < -0.39 is 11.8 Å². The summed E-state index contributed by atoms with van der Waals surface area (Å²) in [5.74, 6) is -1.97. The van der Waals surface area contributed by atoms with Crippen LogP contribution in [-0.2, 0) is 0 Å². The van der Waals surface area contributed by atoms with E-state index >= 15 is 0 Å². The smallest absolute Gasteiger partial charge is 0.339 e. The first-order valence-corrected chi connectivity index (χ1v) is 6.95. The molecule has 3 aromatic rings. The van der Waals surface area contributed by atoms with Crippen LogP contribution in [-0.4, -0.2) is 16.1 Å². The summed E-state index contributed by atoms with van der Waals surface area (Å²) in [7, 11) is 0. The van der Waals surface area contributed by atoms with Gasteiger partial charge in [0.25, 0.3) is 0 Å². The van der Waals surface area contributed by atoms with Gasteiger partial charge in [0.05, 0.1) is 16.3 Å². The zero-order valence-corrected chi connectivity index (χ0v) is 11.6. The van der Waals surface area contributed by atoms with Crippen LogP contribution in [0, 0.1) is 5.82 Å². The Hall–Kier alpha value is -2.47. The molecule has 0 fully saturated rings. The van der Waals surface area contributed by atoms with Crippen molar-refractivity contribution in [3.05, 3.63) is 53.8 Å². The monoisotopic (exact) mass is 302 g/mol. The number of rotatable bonds is 3. The molecule has 0 unspecified atom stereocenters. The molecule has 0 atom stereocenters. The lowest BCUT2D eigenvalue weighted by molar-refractivity contribution is 0.0694. The first-order valence-electron chi connectivity index (χ1n) is 6.13. The van der Waals surface area contributed by atoms with Crippen molar-refractivity contribution in [3.63, 3.8) is 0 Å². The minimum atomic E-state index is -1.24. The number of nitrogens with one attached hydrogen (secondary N) is 1. The second-order valence-corrected chi connectivity index (χ2v) is 5.55. The van der Waals surface area contributed by atoms with E-state index in [2.05, 4.69) is 4.98 Å². The van der Waals surface area contributed by atoms with Gasteiger partial charge in [-0.2, -0.15) is 0 Å². The molecule has 1 heterocycles. The number of hydrogen-bond acceptors (Lipinski definition) is 3. The molecule has 3 rings (SSSR count). The number of para-hydroxylation sites is 1. The molecule has 0 aliphatic carbocycles. The quantitative estimate of drug-likeness (QED) is 0.644. The van der Waals surface area contributed by atoms with Gasteiger partial charge in [0.2, 0.25) is 0 Å². The van der Waals surface area contributed by atoms with Gasteiger partial charge in [0.15, 0.2) is 0 Å². The predicted octanol–water partition coefficient (Wildman–Crippen LogP) is 3.74. The lowest BCUT2D eigenvalue weighted by atomic mass is 10.2. The van der Waals surface area contributed by atoms with E-state index in [9.17, 15) is 14.3 Å². The number of aromatic carboxylic acids is 1. The van der Waals surface area contributed by atoms with E-state index in [1.165, 1.54) is 23.9 Å². The summed E-state index contributed by atoms with van der Waals surface area (Å²) in [5, 5.41) is 11.0. The van der Waals surface area contributed by atoms with Crippen LogP contribution in [0.2, 0.25) is 0 Å². The number of H-pyrrole nitrogens is 1. The van der Waals surface area contributed by atoms with Crippen molar-refractivity contribution in [1.82, 2.24) is 4.98 Å². The number of nitrogens with two attached hydrogens (primary N) is 1. The number of fused-ring (bicyclic) bond motifs is 1. The fourth-order valence-electron chi connectivity index (χ4n) is 2.10. The summed E-state index contributed by atoms with van der Waals surface area (Å²) in [6.45, 7) is 0. The lowest BCUT2D eigenvalue weighted by Crippen LogP contribution is -2.06. The number of carboxylic acid groups (broad SMARTS) is 1. The molecular weight excluding hydrogens is 291 g/mol. The van der Waals surface area contributed by atoms with E-state index in [-0.39, 0.29) is 11.3 Å². The van der Waals surface area contributed by atoms with Gasteiger partial charge in [-0.1, -0.05) is 30.0 Å². The van der Waals surface area contributed by atoms with Gasteiger partial charge in [-0.05, 0) is 24.3 Å². The molecule has 4 nitrogen and oxygen atoms in total. The lowest BCUT2D eigenvalue weighted by Gasteiger charge is -2.08. The maximum Gasteiger partial charge on any atom is 0.339 e. The van der Waals surface area contributed by atoms with E-state index in [1.807, 2.05) is 30.3 Å². The van der Waals surface area contributed by atoms with Crippen LogP contribution in [0.3, 0.4) is 0 Å². The molecule has 6 heteroatoms. The standard InChI is InChI=1S/C15H11FN2O2S/c16-9-5-6-11(13(14(9)17)15(19)20)21-12-7-8-3-1-2-4-10(8)18-12/h1-7,18H,17H2,(H,19,20). The normalized spacial score (nSPS) is 10.9. The SMILES string of the molecule is Nc1c(F)ccc(Sc2cc3ccccc3[nH]2)c1C(=O)O. The minimum Gasteiger partial charge on any atom is -0.478 e. The molecule has 0 radical (unpaired) electrons. The number of aromatic nitrogens is 1. The van der Waals surface area contributed by atoms with Crippen molar-refractivity contribution in [2.24, 2.45) is 0 Å². The Balaban J connectivity index is 2.05. The Morgan fingerprint density at radius 3 is 2.71 bits per heavy atom. The van der Waals surface area contributed by atoms with E-state index in [4.69, 9.17) is 5.73 Å². The van der Waals surface area contributed by atoms with Crippen LogP contribution in [0.5, 0.6) is 0 Å². The Kier molecular flexibility index (Phi) is 3.31. The third kappa shape index (κ3) is 2.45. The first kappa shape index (κ1) is 13.5. The number of anilines is 1. The van der Waals surface area contributed by atoms with Gasteiger partial charge in [0, 0.05) is 15.8 Å². The van der Waals surface area contributed by atoms with Gasteiger partial charge in [0.1, 0.15) is 5.82 Å². The largest absolute Gasteiger partial charge is 0.478 e. The van der Waals surface area contributed by atoms with Crippen molar-refractivity contribution in [2.75, 3.05) is 5.73 Å². The molecule has 0 aliphatic heterocycles. The van der Waals surface area contributed by atoms with Crippen molar-refractivity contribution in [2.45, 2.75) is 9.92 Å². The maximum atomic E-state index is 13.4. The third-order valence-electron chi connectivity index (χ3n) is 3.09. The number of benzene rings is 2. The third-order valence-corrected chi connectivity index (χ3v) is 4.09. The molecular formula is C15H11FN2O2S. The Labute approximate surface area is 123 Å². The second-order valence-electron chi connectivity index (χ2n) is 4.46. The van der Waals surface area contributed by atoms with Crippen LogP contribution in [0.25, 0.3) is 10.9 Å². The number of nitrogen functional groups attached to an aromatic ring is 1. The van der Waals surface area contributed by atoms with Crippen molar-refractivity contribution < 1.29 is 14.3 Å². The van der Waals surface area contributed by atoms with Gasteiger partial charge in [-0.3, -0.25) is 0 Å². The molecule has 0 aliphatic rings. The zero-order valence-electron chi connectivity index (χ0n) is 10.8. The second kappa shape index (κ2) is 5.14. The molecule has 106 valence electrons. The highest BCUT2D eigenvalue weighted by Crippen LogP contribution is 2.35. The van der Waals surface area contributed by atoms with Crippen LogP contribution < -0.4 is 5.73 Å². The average molecular weight is 302 g/mol. The molecule has 0 amide bonds. The highest BCUT2D eigenvalue weighted by atomic mass is 32.2. The van der Waals surface area contributed by atoms with E-state index in [0.717, 1.165) is 15.9 Å². The molecule has 2 aromatic carbocycles. The van der Waals surface area contributed by atoms with E-state index in [1.54, 1.807) is 0 Å². The average Bonchev–Trinajstić information content (AvgIpc) is 2.85. The fourth-order valence-corrected chi connectivity index (χ4v) is 3.12. The van der Waals surface area contributed by atoms with Gasteiger partial charge in [-0.25, -0.2) is 9.18 Å². The fraction of sp³-hybridized carbons (Fsp3) is 0. The summed E-state index contributed by atoms with van der Waals surface area (Å²) in [4.78, 5) is 14.9. The van der Waals surface area contributed by atoms with Gasteiger partial charge >= 0.3 is 5.97 Å². The molecule has 4 N–H and O–H groups in total. The van der Waals surface area contributed by atoms with Crippen LogP contribution >= 0.6 is 11.8 Å². The Morgan fingerprint density at radius 1 is 1.24 bits per heavy atom. The summed E-state index contributed by atoms with van der Waals surface area (Å²) in [6, 6.07) is 12.2. The molecule has 0 bridgehead atoms. The van der Waals surface area contributed by atoms with Crippen molar-refractivity contribution in [1.29, 1.82) is 0 Å². The van der Waals surface area contributed by atoms with E-state index in [0.29, 0.717) is 4.90 Å². The Bertz CT molecular complexity index is 812. The molecule has 0 saturated heterocycles. The number of aromatic amines is 1. The maximum absolute atomic E-state index is 13.4. The zero-order chi connectivity index (χ0) is 15.0. The number of hydrogen-bond donors (Lipinski definition) is 3. The molecule has 0 spiro atoms. The highest BCUT2D eigenvalue weighted by Gasteiger charge is 2.18. The number of halogens is 1. The van der Waals surface area contributed by atoms with Crippen LogP contribution in [0.4, 0.5) is 10.1 Å². The summed E-state index contributed by atoms with van der Waals surface area (Å²) in [6.07, 6.45) is 0.